The van der Waals surface area contributed by atoms with E-state index >= 15 is 0 Å². The zero-order valence-electron chi connectivity index (χ0n) is 17.1. The van der Waals surface area contributed by atoms with Gasteiger partial charge in [0, 0.05) is 11.1 Å². The summed E-state index contributed by atoms with van der Waals surface area (Å²) >= 11 is 0. The number of benzene rings is 2. The molecule has 0 spiro atoms. The molecule has 154 valence electrons. The summed E-state index contributed by atoms with van der Waals surface area (Å²) in [4.78, 5) is 40.5. The lowest BCUT2D eigenvalue weighted by atomic mass is 9.69. The molecule has 0 heterocycles. The number of nitrogens with zero attached hydrogens (tertiary/aromatic N) is 1. The van der Waals surface area contributed by atoms with Gasteiger partial charge in [-0.25, -0.2) is 4.79 Å². The molecule has 2 unspecified atom stereocenters. The predicted octanol–water partition coefficient (Wildman–Crippen LogP) is -0.736. The molecule has 1 aliphatic rings. The van der Waals surface area contributed by atoms with Gasteiger partial charge in [0.15, 0.2) is 17.0 Å². The van der Waals surface area contributed by atoms with Crippen LogP contribution in [0.2, 0.25) is 0 Å². The largest absolute Gasteiger partial charge is 1.00 e. The zero-order chi connectivity index (χ0) is 20.7. The lowest BCUT2D eigenvalue weighted by Gasteiger charge is -2.41. The van der Waals surface area contributed by atoms with E-state index in [-0.39, 0.29) is 28.0 Å². The molecule has 0 aromatic heterocycles. The Hall–Kier alpha value is -2.70. The van der Waals surface area contributed by atoms with E-state index in [4.69, 9.17) is 9.47 Å². The number of likely N-dealkylation sites (N-methyl/N-ethyl adjacent to an activating group) is 1. The Kier molecular flexibility index (Phi) is 6.21. The topological polar surface area (TPSA) is 69.7 Å². The van der Waals surface area contributed by atoms with Crippen molar-refractivity contribution in [2.45, 2.75) is 11.5 Å². The van der Waals surface area contributed by atoms with E-state index in [9.17, 15) is 14.4 Å². The van der Waals surface area contributed by atoms with Gasteiger partial charge < -0.3 is 26.4 Å². The quantitative estimate of drug-likeness (QED) is 0.364. The number of quaternary nitrogens is 1. The number of esters is 1. The first-order valence-electron chi connectivity index (χ1n) is 8.91. The second-order valence-corrected chi connectivity index (χ2v) is 7.79. The van der Waals surface area contributed by atoms with Crippen LogP contribution in [-0.2, 0) is 14.9 Å². The van der Waals surface area contributed by atoms with E-state index in [1.165, 1.54) is 14.2 Å². The summed E-state index contributed by atoms with van der Waals surface area (Å²) in [5.74, 6) is -0.952. The van der Waals surface area contributed by atoms with Crippen LogP contribution in [0.15, 0.2) is 48.5 Å². The maximum atomic E-state index is 13.8. The number of carbonyl (C=O) groups is 3. The molecule has 0 radical (unpaired) electrons. The van der Waals surface area contributed by atoms with Gasteiger partial charge in [0.2, 0.25) is 6.04 Å². The Labute approximate surface area is 176 Å². The fourth-order valence-corrected chi connectivity index (χ4v) is 4.12. The van der Waals surface area contributed by atoms with Gasteiger partial charge >= 0.3 is 5.97 Å². The molecule has 6 nitrogen and oxygen atoms in total. The Morgan fingerprint density at radius 3 is 2.03 bits per heavy atom. The van der Waals surface area contributed by atoms with E-state index in [1.807, 2.05) is 0 Å². The molecule has 2 aromatic carbocycles. The molecule has 0 bridgehead atoms. The van der Waals surface area contributed by atoms with E-state index < -0.39 is 29.0 Å². The number of halogens is 1. The molecule has 0 N–H and O–H groups in total. The summed E-state index contributed by atoms with van der Waals surface area (Å²) in [5, 5.41) is 0. The summed E-state index contributed by atoms with van der Waals surface area (Å²) in [6, 6.07) is 12.5. The number of fused-ring (bicyclic) bond motifs is 1. The number of methoxy groups -OCH3 is 2. The molecule has 2 atom stereocenters. The van der Waals surface area contributed by atoms with Crippen LogP contribution >= 0.6 is 0 Å². The van der Waals surface area contributed by atoms with Crippen molar-refractivity contribution in [3.63, 3.8) is 0 Å². The number of hydrogen-bond donors (Lipinski definition) is 0. The minimum absolute atomic E-state index is 0. The first-order valence-corrected chi connectivity index (χ1v) is 8.91. The standard InChI is InChI=1S/C22H24NO5.ClH/c1-23(2,3)18(21(26)28-5)22(14-9-7-6-8-10-14)19(24)16-12-11-15(27-4)13-17(16)20(22)25;/h6-13,18H,1-5H3;1H/q+1;/p-1. The fourth-order valence-electron chi connectivity index (χ4n) is 4.12. The second kappa shape index (κ2) is 7.97. The van der Waals surface area contributed by atoms with Crippen molar-refractivity contribution in [3.8, 4) is 5.75 Å². The lowest BCUT2D eigenvalue weighted by Crippen LogP contribution is -3.00. The second-order valence-electron chi connectivity index (χ2n) is 7.79. The summed E-state index contributed by atoms with van der Waals surface area (Å²) in [6.45, 7) is 0. The van der Waals surface area contributed by atoms with Gasteiger partial charge in [-0.15, -0.1) is 0 Å². The van der Waals surface area contributed by atoms with Crippen LogP contribution in [0.5, 0.6) is 5.75 Å². The average Bonchev–Trinajstić information content (AvgIpc) is 2.89. The molecule has 2 aromatic rings. The van der Waals surface area contributed by atoms with Gasteiger partial charge in [-0.05, 0) is 23.8 Å². The number of ether oxygens (including phenoxy) is 2. The van der Waals surface area contributed by atoms with Gasteiger partial charge in [0.25, 0.3) is 0 Å². The predicted molar refractivity (Wildman–Crippen MR) is 104 cm³/mol. The van der Waals surface area contributed by atoms with Gasteiger partial charge in [0.05, 0.1) is 35.4 Å². The van der Waals surface area contributed by atoms with Crippen LogP contribution in [-0.4, -0.2) is 63.4 Å². The normalized spacial score (nSPS) is 19.2. The summed E-state index contributed by atoms with van der Waals surface area (Å²) in [7, 11) is 8.09. The van der Waals surface area contributed by atoms with Gasteiger partial charge in [-0.2, -0.15) is 0 Å². The Balaban J connectivity index is 0.00000300. The molecular weight excluding hydrogens is 394 g/mol. The monoisotopic (exact) mass is 417 g/mol. The summed E-state index contributed by atoms with van der Waals surface area (Å²) < 4.78 is 10.3. The van der Waals surface area contributed by atoms with Crippen molar-refractivity contribution in [1.29, 1.82) is 0 Å². The summed E-state index contributed by atoms with van der Waals surface area (Å²) in [5.41, 5.74) is -0.683. The molecule has 0 aliphatic heterocycles. The minimum Gasteiger partial charge on any atom is -1.00 e. The van der Waals surface area contributed by atoms with Crippen molar-refractivity contribution in [1.82, 2.24) is 0 Å². The maximum Gasteiger partial charge on any atom is 0.366 e. The molecular formula is C22H24ClNO5. The number of hydrogen-bond acceptors (Lipinski definition) is 5. The van der Waals surface area contributed by atoms with Gasteiger partial charge in [0.1, 0.15) is 5.75 Å². The molecule has 3 rings (SSSR count). The van der Waals surface area contributed by atoms with Gasteiger partial charge in [-0.3, -0.25) is 9.59 Å². The zero-order valence-corrected chi connectivity index (χ0v) is 17.8. The molecule has 0 saturated carbocycles. The fraction of sp³-hybridized carbons (Fsp3) is 0.318. The highest BCUT2D eigenvalue weighted by Crippen LogP contribution is 2.46. The van der Waals surface area contributed by atoms with Crippen molar-refractivity contribution in [2.75, 3.05) is 35.4 Å². The number of rotatable bonds is 5. The van der Waals surface area contributed by atoms with Crippen molar-refractivity contribution in [3.05, 3.63) is 65.2 Å². The SMILES string of the molecule is COC(=O)C(C1(c2ccccc2)C(=O)c2ccc(OC)cc2C1=O)[N+](C)(C)C.[Cl-]. The minimum atomic E-state index is -1.71. The molecule has 0 fully saturated rings. The molecule has 0 amide bonds. The van der Waals surface area contributed by atoms with Crippen LogP contribution in [0, 0.1) is 0 Å². The van der Waals surface area contributed by atoms with Crippen molar-refractivity contribution in [2.24, 2.45) is 0 Å². The number of Topliss-reactive ketones (excluding diaryl/α,β-unsaturated/α-hetero) is 2. The summed E-state index contributed by atoms with van der Waals surface area (Å²) in [6.07, 6.45) is 0. The number of carbonyl (C=O) groups excluding carboxylic acids is 3. The Bertz CT molecular complexity index is 951. The van der Waals surface area contributed by atoms with E-state index in [0.717, 1.165) is 0 Å². The molecule has 1 aliphatic carbocycles. The van der Waals surface area contributed by atoms with Crippen LogP contribution in [0.4, 0.5) is 0 Å². The molecule has 0 saturated heterocycles. The van der Waals surface area contributed by atoms with Gasteiger partial charge in [-0.1, -0.05) is 30.3 Å². The van der Waals surface area contributed by atoms with Crippen LogP contribution in [0.1, 0.15) is 26.3 Å². The highest BCUT2D eigenvalue weighted by molar-refractivity contribution is 6.35. The Morgan fingerprint density at radius 2 is 1.52 bits per heavy atom. The van der Waals surface area contributed by atoms with Crippen LogP contribution in [0.25, 0.3) is 0 Å². The van der Waals surface area contributed by atoms with Crippen molar-refractivity contribution < 1.29 is 40.7 Å². The average molecular weight is 418 g/mol. The number of ketones is 2. The van der Waals surface area contributed by atoms with E-state index in [0.29, 0.717) is 11.3 Å². The maximum absolute atomic E-state index is 13.8. The third kappa shape index (κ3) is 3.32. The molecule has 29 heavy (non-hydrogen) atoms. The smallest absolute Gasteiger partial charge is 0.366 e. The first kappa shape index (κ1) is 22.6. The van der Waals surface area contributed by atoms with Crippen LogP contribution < -0.4 is 17.1 Å². The van der Waals surface area contributed by atoms with Crippen LogP contribution in [0.3, 0.4) is 0 Å². The molecule has 7 heteroatoms. The lowest BCUT2D eigenvalue weighted by molar-refractivity contribution is -0.889. The first-order chi connectivity index (χ1) is 13.2. The van der Waals surface area contributed by atoms with Crippen molar-refractivity contribution >= 4 is 17.5 Å². The highest BCUT2D eigenvalue weighted by Gasteiger charge is 2.66. The third-order valence-electron chi connectivity index (χ3n) is 5.27. The van der Waals surface area contributed by atoms with E-state index in [2.05, 4.69) is 0 Å². The highest BCUT2D eigenvalue weighted by atomic mass is 35.5. The Morgan fingerprint density at radius 1 is 0.931 bits per heavy atom. The third-order valence-corrected chi connectivity index (χ3v) is 5.27. The van der Waals surface area contributed by atoms with E-state index in [1.54, 1.807) is 69.7 Å².